The fourth-order valence-corrected chi connectivity index (χ4v) is 3.40. The number of benzene rings is 1. The van der Waals surface area contributed by atoms with E-state index in [-0.39, 0.29) is 31.1 Å². The lowest BCUT2D eigenvalue weighted by atomic mass is 10.2. The predicted molar refractivity (Wildman–Crippen MR) is 115 cm³/mol. The highest BCUT2D eigenvalue weighted by Crippen LogP contribution is 2.28. The molecule has 0 radical (unpaired) electrons. The molecule has 1 aromatic carbocycles. The Morgan fingerprint density at radius 2 is 2.03 bits per heavy atom. The Hall–Kier alpha value is -1.84. The van der Waals surface area contributed by atoms with E-state index in [1.807, 2.05) is 39.0 Å². The van der Waals surface area contributed by atoms with Gasteiger partial charge in [0.1, 0.15) is 5.60 Å². The number of ether oxygens (including phenoxy) is 1. The standard InChI is InChI=1S/C20H30BrN3O5/c1-20(2,3)29-19(26)24-10-5-6-15(24)13-22-16-8-7-14(21)12-17(16)23-18(25)9-11-28-27-4/h7-8,12,15,22H,5-6,9-11,13H2,1-4H3,(H,23,25). The molecule has 1 saturated heterocycles. The van der Waals surface area contributed by atoms with Crippen LogP contribution in [0.1, 0.15) is 40.0 Å². The number of hydrogen-bond acceptors (Lipinski definition) is 6. The van der Waals surface area contributed by atoms with Crippen LogP contribution in [-0.4, -0.2) is 55.3 Å². The van der Waals surface area contributed by atoms with Gasteiger partial charge in [0.05, 0.1) is 37.6 Å². The van der Waals surface area contributed by atoms with Crippen LogP contribution in [0.4, 0.5) is 16.2 Å². The van der Waals surface area contributed by atoms with E-state index in [4.69, 9.17) is 9.62 Å². The Bertz CT molecular complexity index is 708. The zero-order valence-electron chi connectivity index (χ0n) is 17.4. The molecule has 0 aliphatic carbocycles. The summed E-state index contributed by atoms with van der Waals surface area (Å²) < 4.78 is 6.37. The van der Waals surface area contributed by atoms with Gasteiger partial charge in [0.25, 0.3) is 0 Å². The summed E-state index contributed by atoms with van der Waals surface area (Å²) in [6.45, 7) is 7.02. The molecular formula is C20H30BrN3O5. The molecule has 1 atom stereocenters. The van der Waals surface area contributed by atoms with Gasteiger partial charge in [-0.3, -0.25) is 4.79 Å². The van der Waals surface area contributed by atoms with Crippen molar-refractivity contribution in [1.29, 1.82) is 0 Å². The van der Waals surface area contributed by atoms with Crippen LogP contribution in [-0.2, 0) is 19.3 Å². The largest absolute Gasteiger partial charge is 0.444 e. The maximum absolute atomic E-state index is 12.5. The van der Waals surface area contributed by atoms with Gasteiger partial charge >= 0.3 is 6.09 Å². The molecule has 1 aromatic rings. The second-order valence-electron chi connectivity index (χ2n) is 7.83. The monoisotopic (exact) mass is 471 g/mol. The highest BCUT2D eigenvalue weighted by Gasteiger charge is 2.32. The number of likely N-dealkylation sites (tertiary alicyclic amines) is 1. The third-order valence-corrected chi connectivity index (χ3v) is 4.81. The molecule has 2 rings (SSSR count). The molecule has 1 aliphatic heterocycles. The number of nitrogens with one attached hydrogen (secondary N) is 2. The van der Waals surface area contributed by atoms with Crippen molar-refractivity contribution in [2.24, 2.45) is 0 Å². The Morgan fingerprint density at radius 1 is 1.28 bits per heavy atom. The zero-order valence-corrected chi connectivity index (χ0v) is 19.0. The van der Waals surface area contributed by atoms with Gasteiger partial charge in [-0.1, -0.05) is 15.9 Å². The molecule has 1 aliphatic rings. The van der Waals surface area contributed by atoms with Crippen LogP contribution < -0.4 is 10.6 Å². The maximum Gasteiger partial charge on any atom is 0.410 e. The van der Waals surface area contributed by atoms with Crippen LogP contribution in [0.25, 0.3) is 0 Å². The van der Waals surface area contributed by atoms with E-state index >= 15 is 0 Å². The van der Waals surface area contributed by atoms with Crippen LogP contribution in [0.3, 0.4) is 0 Å². The molecule has 1 unspecified atom stereocenters. The quantitative estimate of drug-likeness (QED) is 0.336. The third kappa shape index (κ3) is 7.83. The van der Waals surface area contributed by atoms with Gasteiger partial charge in [0, 0.05) is 17.6 Å². The van der Waals surface area contributed by atoms with Crippen molar-refractivity contribution in [1.82, 2.24) is 4.90 Å². The SMILES string of the molecule is COOCCC(=O)Nc1cc(Br)ccc1NCC1CCCN1C(=O)OC(C)(C)C. The van der Waals surface area contributed by atoms with E-state index in [1.54, 1.807) is 4.90 Å². The molecule has 1 heterocycles. The summed E-state index contributed by atoms with van der Waals surface area (Å²) in [7, 11) is 1.40. The minimum absolute atomic E-state index is 0.0344. The first kappa shape index (κ1) is 23.4. The first-order chi connectivity index (χ1) is 13.7. The summed E-state index contributed by atoms with van der Waals surface area (Å²) >= 11 is 3.43. The Labute approximate surface area is 180 Å². The van der Waals surface area contributed by atoms with Crippen LogP contribution in [0.15, 0.2) is 22.7 Å². The van der Waals surface area contributed by atoms with Crippen molar-refractivity contribution in [2.75, 3.05) is 37.4 Å². The van der Waals surface area contributed by atoms with Gasteiger partial charge in [-0.05, 0) is 51.8 Å². The molecule has 2 amide bonds. The highest BCUT2D eigenvalue weighted by atomic mass is 79.9. The molecule has 2 N–H and O–H groups in total. The van der Waals surface area contributed by atoms with E-state index < -0.39 is 5.60 Å². The number of rotatable bonds is 8. The normalized spacial score (nSPS) is 16.6. The van der Waals surface area contributed by atoms with E-state index in [9.17, 15) is 9.59 Å². The molecule has 9 heteroatoms. The van der Waals surface area contributed by atoms with E-state index in [2.05, 4.69) is 31.5 Å². The topological polar surface area (TPSA) is 89.1 Å². The van der Waals surface area contributed by atoms with Gasteiger partial charge in [0.2, 0.25) is 5.91 Å². The first-order valence-corrected chi connectivity index (χ1v) is 10.5. The van der Waals surface area contributed by atoms with E-state index in [0.29, 0.717) is 18.8 Å². The summed E-state index contributed by atoms with van der Waals surface area (Å²) in [5.41, 5.74) is 0.918. The molecule has 29 heavy (non-hydrogen) atoms. The van der Waals surface area contributed by atoms with Gasteiger partial charge in [-0.2, -0.15) is 0 Å². The van der Waals surface area contributed by atoms with Gasteiger partial charge in [-0.15, -0.1) is 0 Å². The lowest BCUT2D eigenvalue weighted by Crippen LogP contribution is -2.42. The van der Waals surface area contributed by atoms with E-state index in [1.165, 1.54) is 7.11 Å². The second-order valence-corrected chi connectivity index (χ2v) is 8.74. The average Bonchev–Trinajstić information content (AvgIpc) is 3.08. The van der Waals surface area contributed by atoms with Crippen molar-refractivity contribution < 1.29 is 24.1 Å². The number of carbonyl (C=O) groups is 2. The maximum atomic E-state index is 12.5. The smallest absolute Gasteiger partial charge is 0.410 e. The summed E-state index contributed by atoms with van der Waals surface area (Å²) in [4.78, 5) is 35.6. The lowest BCUT2D eigenvalue weighted by Gasteiger charge is -2.29. The third-order valence-electron chi connectivity index (χ3n) is 4.32. The van der Waals surface area contributed by atoms with Crippen LogP contribution >= 0.6 is 15.9 Å². The molecule has 1 fully saturated rings. The number of anilines is 2. The molecule has 0 bridgehead atoms. The van der Waals surface area contributed by atoms with E-state index in [0.717, 1.165) is 23.0 Å². The summed E-state index contributed by atoms with van der Waals surface area (Å²) in [5.74, 6) is -0.181. The van der Waals surface area contributed by atoms with Gasteiger partial charge in [0.15, 0.2) is 0 Å². The predicted octanol–water partition coefficient (Wildman–Crippen LogP) is 4.17. The van der Waals surface area contributed by atoms with Crippen molar-refractivity contribution in [3.63, 3.8) is 0 Å². The Morgan fingerprint density at radius 3 is 2.72 bits per heavy atom. The second kappa shape index (κ2) is 10.8. The fourth-order valence-electron chi connectivity index (χ4n) is 3.04. The number of amides is 2. The first-order valence-electron chi connectivity index (χ1n) is 9.68. The molecule has 0 aromatic heterocycles. The zero-order chi connectivity index (χ0) is 21.4. The number of nitrogens with zero attached hydrogens (tertiary/aromatic N) is 1. The van der Waals surface area contributed by atoms with Gasteiger partial charge < -0.3 is 20.3 Å². The average molecular weight is 472 g/mol. The van der Waals surface area contributed by atoms with Crippen LogP contribution in [0.2, 0.25) is 0 Å². The Kier molecular flexibility index (Phi) is 8.73. The van der Waals surface area contributed by atoms with Crippen molar-refractivity contribution in [3.8, 4) is 0 Å². The van der Waals surface area contributed by atoms with Crippen molar-refractivity contribution in [3.05, 3.63) is 22.7 Å². The van der Waals surface area contributed by atoms with Crippen LogP contribution in [0, 0.1) is 0 Å². The lowest BCUT2D eigenvalue weighted by molar-refractivity contribution is -0.271. The van der Waals surface area contributed by atoms with Crippen molar-refractivity contribution >= 4 is 39.3 Å². The molecule has 8 nitrogen and oxygen atoms in total. The summed E-state index contributed by atoms with van der Waals surface area (Å²) in [6.07, 6.45) is 1.73. The Balaban J connectivity index is 1.98. The highest BCUT2D eigenvalue weighted by molar-refractivity contribution is 9.10. The number of carbonyl (C=O) groups excluding carboxylic acids is 2. The molecular weight excluding hydrogens is 442 g/mol. The number of hydrogen-bond donors (Lipinski definition) is 2. The summed E-state index contributed by atoms with van der Waals surface area (Å²) in [5, 5.41) is 6.24. The molecule has 162 valence electrons. The molecule has 0 saturated carbocycles. The summed E-state index contributed by atoms with van der Waals surface area (Å²) in [6, 6.07) is 5.65. The number of halogens is 1. The van der Waals surface area contributed by atoms with Crippen LogP contribution in [0.5, 0.6) is 0 Å². The minimum Gasteiger partial charge on any atom is -0.444 e. The van der Waals surface area contributed by atoms with Crippen molar-refractivity contribution in [2.45, 2.75) is 51.7 Å². The van der Waals surface area contributed by atoms with Gasteiger partial charge in [-0.25, -0.2) is 14.6 Å². The fraction of sp³-hybridized carbons (Fsp3) is 0.600. The minimum atomic E-state index is -0.520. The molecule has 0 spiro atoms.